The minimum Gasteiger partial charge on any atom is -0.465 e. The molecule has 0 saturated heterocycles. The predicted octanol–water partition coefficient (Wildman–Crippen LogP) is 2.95. The Morgan fingerprint density at radius 3 is 2.63 bits per heavy atom. The number of esters is 1. The molecule has 27 heavy (non-hydrogen) atoms. The summed E-state index contributed by atoms with van der Waals surface area (Å²) in [4.78, 5) is 16.7. The van der Waals surface area contributed by atoms with Gasteiger partial charge in [0.2, 0.25) is 5.16 Å². The fourth-order valence-corrected chi connectivity index (χ4v) is 3.42. The molecule has 2 N–H and O–H groups in total. The highest BCUT2D eigenvalue weighted by atomic mass is 32.2. The zero-order chi connectivity index (χ0) is 19.8. The molecule has 0 saturated carbocycles. The summed E-state index contributed by atoms with van der Waals surface area (Å²) in [5.41, 5.74) is 1.96. The van der Waals surface area contributed by atoms with Gasteiger partial charge in [-0.15, -0.1) is 10.2 Å². The number of hydrogen-bond acceptors (Lipinski definition) is 7. The zero-order valence-corrected chi connectivity index (χ0v) is 15.1. The second kappa shape index (κ2) is 7.06. The van der Waals surface area contributed by atoms with E-state index in [0.29, 0.717) is 21.5 Å². The number of pyridine rings is 1. The second-order valence-electron chi connectivity index (χ2n) is 5.53. The number of aromatic nitrogens is 4. The first-order chi connectivity index (χ1) is 12.7. The summed E-state index contributed by atoms with van der Waals surface area (Å²) in [6.45, 7) is 1.76. The molecule has 7 nitrogen and oxygen atoms in total. The molecular weight excluding hydrogens is 383 g/mol. The van der Waals surface area contributed by atoms with E-state index in [1.54, 1.807) is 19.1 Å². The normalized spacial score (nSPS) is 11.7. The van der Waals surface area contributed by atoms with E-state index in [1.165, 1.54) is 7.11 Å². The lowest BCUT2D eigenvalue weighted by Gasteiger charge is -2.13. The van der Waals surface area contributed by atoms with E-state index >= 15 is 0 Å². The SMILES string of the molecule is COC(=O)c1c(CSc2nnc(C(F)(F)F)n2N)nc2ccccc2c1C. The number of nitrogens with two attached hydrogens (primary N) is 1. The van der Waals surface area contributed by atoms with Crippen LogP contribution in [0.25, 0.3) is 10.9 Å². The van der Waals surface area contributed by atoms with Gasteiger partial charge in [0.25, 0.3) is 5.82 Å². The number of halogens is 3. The number of nitrogen functional groups attached to an aromatic ring is 1. The van der Waals surface area contributed by atoms with E-state index in [9.17, 15) is 18.0 Å². The molecule has 142 valence electrons. The largest absolute Gasteiger partial charge is 0.465 e. The van der Waals surface area contributed by atoms with Crippen LogP contribution in [0.4, 0.5) is 13.2 Å². The van der Waals surface area contributed by atoms with Crippen LogP contribution >= 0.6 is 11.8 Å². The van der Waals surface area contributed by atoms with Crippen molar-refractivity contribution < 1.29 is 22.7 Å². The van der Waals surface area contributed by atoms with Crippen molar-refractivity contribution in [3.63, 3.8) is 0 Å². The average Bonchev–Trinajstić information content (AvgIpc) is 3.00. The lowest BCUT2D eigenvalue weighted by atomic mass is 10.0. The molecule has 0 radical (unpaired) electrons. The minimum atomic E-state index is -4.71. The molecule has 2 heterocycles. The first-order valence-electron chi connectivity index (χ1n) is 7.61. The Hall–Kier alpha value is -2.82. The molecule has 0 amide bonds. The quantitative estimate of drug-likeness (QED) is 0.411. The van der Waals surface area contributed by atoms with Crippen LogP contribution < -0.4 is 5.84 Å². The molecule has 2 aromatic heterocycles. The predicted molar refractivity (Wildman–Crippen MR) is 92.6 cm³/mol. The van der Waals surface area contributed by atoms with Crippen molar-refractivity contribution in [3.8, 4) is 0 Å². The molecule has 0 atom stereocenters. The van der Waals surface area contributed by atoms with Crippen molar-refractivity contribution in [2.75, 3.05) is 13.0 Å². The Balaban J connectivity index is 2.00. The van der Waals surface area contributed by atoms with Gasteiger partial charge in [-0.1, -0.05) is 30.0 Å². The number of thioether (sulfide) groups is 1. The third kappa shape index (κ3) is 3.54. The fraction of sp³-hybridized carbons (Fsp3) is 0.250. The first-order valence-corrected chi connectivity index (χ1v) is 8.59. The van der Waals surface area contributed by atoms with Crippen LogP contribution in [-0.4, -0.2) is 32.9 Å². The summed E-state index contributed by atoms with van der Waals surface area (Å²) >= 11 is 0.890. The monoisotopic (exact) mass is 397 g/mol. The number of carbonyl (C=O) groups is 1. The van der Waals surface area contributed by atoms with Gasteiger partial charge >= 0.3 is 12.1 Å². The molecule has 3 rings (SSSR count). The summed E-state index contributed by atoms with van der Waals surface area (Å²) in [5, 5.41) is 7.17. The molecule has 0 spiro atoms. The number of fused-ring (bicyclic) bond motifs is 1. The molecule has 0 aliphatic heterocycles. The number of carbonyl (C=O) groups excluding carboxylic acids is 1. The van der Waals surface area contributed by atoms with Gasteiger partial charge in [0.05, 0.1) is 23.9 Å². The van der Waals surface area contributed by atoms with Crippen LogP contribution in [0.2, 0.25) is 0 Å². The smallest absolute Gasteiger partial charge is 0.453 e. The van der Waals surface area contributed by atoms with Gasteiger partial charge in [-0.2, -0.15) is 13.2 Å². The molecule has 0 aliphatic rings. The molecular formula is C16H14F3N5O2S. The van der Waals surface area contributed by atoms with Crippen molar-refractivity contribution >= 4 is 28.6 Å². The van der Waals surface area contributed by atoms with Crippen molar-refractivity contribution in [1.82, 2.24) is 19.9 Å². The van der Waals surface area contributed by atoms with E-state index in [2.05, 4.69) is 15.2 Å². The highest BCUT2D eigenvalue weighted by Gasteiger charge is 2.38. The number of alkyl halides is 3. The second-order valence-corrected chi connectivity index (χ2v) is 6.47. The topological polar surface area (TPSA) is 95.9 Å². The molecule has 0 unspecified atom stereocenters. The van der Waals surface area contributed by atoms with Crippen molar-refractivity contribution in [1.29, 1.82) is 0 Å². The number of methoxy groups -OCH3 is 1. The fourth-order valence-electron chi connectivity index (χ4n) is 2.62. The first kappa shape index (κ1) is 19.0. The van der Waals surface area contributed by atoms with Crippen LogP contribution in [0.15, 0.2) is 29.4 Å². The molecule has 11 heteroatoms. The third-order valence-corrected chi connectivity index (χ3v) is 4.83. The summed E-state index contributed by atoms with van der Waals surface area (Å²) in [6.07, 6.45) is -4.71. The lowest BCUT2D eigenvalue weighted by molar-refractivity contribution is -0.146. The highest BCUT2D eigenvalue weighted by molar-refractivity contribution is 7.98. The molecule has 1 aromatic carbocycles. The maximum Gasteiger partial charge on any atom is 0.453 e. The molecule has 0 fully saturated rings. The van der Waals surface area contributed by atoms with Gasteiger partial charge in [0.15, 0.2) is 0 Å². The lowest BCUT2D eigenvalue weighted by Crippen LogP contribution is -2.21. The van der Waals surface area contributed by atoms with Crippen LogP contribution in [0.1, 0.15) is 27.4 Å². The van der Waals surface area contributed by atoms with Crippen molar-refractivity contribution in [3.05, 3.63) is 46.9 Å². The van der Waals surface area contributed by atoms with E-state index in [1.807, 2.05) is 12.1 Å². The van der Waals surface area contributed by atoms with Crippen LogP contribution in [0.5, 0.6) is 0 Å². The van der Waals surface area contributed by atoms with Gasteiger partial charge in [-0.3, -0.25) is 4.98 Å². The van der Waals surface area contributed by atoms with E-state index in [0.717, 1.165) is 17.1 Å². The number of hydrogen-bond donors (Lipinski definition) is 1. The summed E-state index contributed by atoms with van der Waals surface area (Å²) < 4.78 is 43.6. The Labute approximate surface area is 155 Å². The van der Waals surface area contributed by atoms with Gasteiger partial charge in [-0.25, -0.2) is 9.47 Å². The minimum absolute atomic E-state index is 0.0588. The molecule has 0 bridgehead atoms. The number of aryl methyl sites for hydroxylation is 1. The highest BCUT2D eigenvalue weighted by Crippen LogP contribution is 2.31. The summed E-state index contributed by atoms with van der Waals surface area (Å²) in [5.74, 6) is 3.61. The summed E-state index contributed by atoms with van der Waals surface area (Å²) in [6, 6.07) is 7.23. The Kier molecular flexibility index (Phi) is 4.96. The number of para-hydroxylation sites is 1. The third-order valence-electron chi connectivity index (χ3n) is 3.87. The summed E-state index contributed by atoms with van der Waals surface area (Å²) in [7, 11) is 1.25. The van der Waals surface area contributed by atoms with Gasteiger partial charge in [-0.05, 0) is 18.6 Å². The van der Waals surface area contributed by atoms with Crippen molar-refractivity contribution in [2.24, 2.45) is 0 Å². The van der Waals surface area contributed by atoms with Crippen LogP contribution in [0.3, 0.4) is 0 Å². The van der Waals surface area contributed by atoms with Gasteiger partial charge in [0.1, 0.15) is 0 Å². The van der Waals surface area contributed by atoms with E-state index in [4.69, 9.17) is 10.6 Å². The molecule has 3 aromatic rings. The van der Waals surface area contributed by atoms with E-state index < -0.39 is 18.0 Å². The zero-order valence-electron chi connectivity index (χ0n) is 14.2. The maximum absolute atomic E-state index is 12.8. The van der Waals surface area contributed by atoms with Crippen molar-refractivity contribution in [2.45, 2.75) is 24.0 Å². The molecule has 0 aliphatic carbocycles. The average molecular weight is 397 g/mol. The standard InChI is InChI=1S/C16H14F3N5O2S/c1-8-9-5-3-4-6-10(9)21-11(12(8)13(25)26-2)7-27-15-23-22-14(24(15)20)16(17,18)19/h3-6H,7,20H2,1-2H3. The van der Waals surface area contributed by atoms with Gasteiger partial charge in [0, 0.05) is 11.1 Å². The Morgan fingerprint density at radius 2 is 2.00 bits per heavy atom. The Morgan fingerprint density at radius 1 is 1.30 bits per heavy atom. The number of benzene rings is 1. The van der Waals surface area contributed by atoms with E-state index in [-0.39, 0.29) is 16.5 Å². The number of rotatable bonds is 4. The van der Waals surface area contributed by atoms with Gasteiger partial charge < -0.3 is 10.6 Å². The number of ether oxygens (including phenoxy) is 1. The maximum atomic E-state index is 12.8. The Bertz CT molecular complexity index is 1020. The van der Waals surface area contributed by atoms with Crippen LogP contribution in [-0.2, 0) is 16.7 Å². The van der Waals surface area contributed by atoms with Crippen LogP contribution in [0, 0.1) is 6.92 Å². The number of nitrogens with zero attached hydrogens (tertiary/aromatic N) is 4.